The van der Waals surface area contributed by atoms with Gasteiger partial charge in [0.1, 0.15) is 0 Å². The molecule has 3 heterocycles. The highest BCUT2D eigenvalue weighted by Crippen LogP contribution is 2.40. The lowest BCUT2D eigenvalue weighted by Crippen LogP contribution is -2.01. The van der Waals surface area contributed by atoms with Crippen LogP contribution in [0.2, 0.25) is 0 Å². The molecule has 1 aliphatic rings. The molecule has 5 nitrogen and oxygen atoms in total. The first kappa shape index (κ1) is 30.5. The molecule has 0 radical (unpaired) electrons. The van der Waals surface area contributed by atoms with Crippen molar-refractivity contribution >= 4 is 60.1 Å². The number of hydrogen-bond acceptors (Lipinski definition) is 3. The minimum Gasteiger partial charge on any atom is -0.313 e. The van der Waals surface area contributed by atoms with Crippen LogP contribution < -0.4 is 0 Å². The summed E-state index contributed by atoms with van der Waals surface area (Å²) in [5.74, 6) is 1.93. The minimum absolute atomic E-state index is 0.634. The van der Waals surface area contributed by atoms with Crippen molar-refractivity contribution in [3.8, 4) is 39.9 Å². The number of para-hydroxylation sites is 2. The van der Waals surface area contributed by atoms with Crippen molar-refractivity contribution in [3.63, 3.8) is 0 Å². The fourth-order valence-electron chi connectivity index (χ4n) is 8.26. The van der Waals surface area contributed by atoms with E-state index in [1.54, 1.807) is 0 Å². The second-order valence-corrected chi connectivity index (χ2v) is 14.0. The molecule has 0 N–H and O–H groups in total. The van der Waals surface area contributed by atoms with E-state index in [0.29, 0.717) is 17.5 Å². The Balaban J connectivity index is 1.13. The van der Waals surface area contributed by atoms with Gasteiger partial charge in [-0.1, -0.05) is 127 Å². The van der Waals surface area contributed by atoms with Gasteiger partial charge in [0, 0.05) is 49.6 Å². The summed E-state index contributed by atoms with van der Waals surface area (Å²) in [5.41, 5.74) is 10.0. The Hall–Kier alpha value is -7.11. The van der Waals surface area contributed by atoms with Crippen LogP contribution in [0.5, 0.6) is 0 Å². The zero-order valence-electron chi connectivity index (χ0n) is 29.4. The van der Waals surface area contributed by atoms with Gasteiger partial charge in [0.25, 0.3) is 0 Å². The maximum atomic E-state index is 5.13. The van der Waals surface area contributed by atoms with Gasteiger partial charge in [-0.3, -0.25) is 0 Å². The number of fused-ring (bicyclic) bond motifs is 7. The molecule has 254 valence electrons. The highest BCUT2D eigenvalue weighted by molar-refractivity contribution is 6.19. The van der Waals surface area contributed by atoms with Gasteiger partial charge < -0.3 is 9.13 Å². The van der Waals surface area contributed by atoms with E-state index in [9.17, 15) is 0 Å². The van der Waals surface area contributed by atoms with Gasteiger partial charge >= 0.3 is 0 Å². The van der Waals surface area contributed by atoms with Crippen LogP contribution >= 0.6 is 0 Å². The van der Waals surface area contributed by atoms with Crippen LogP contribution in [-0.4, -0.2) is 24.1 Å². The van der Waals surface area contributed by atoms with Gasteiger partial charge in [0.2, 0.25) is 0 Å². The quantitative estimate of drug-likeness (QED) is 0.180. The summed E-state index contributed by atoms with van der Waals surface area (Å²) in [6.45, 7) is 0. The molecule has 3 aromatic heterocycles. The van der Waals surface area contributed by atoms with E-state index in [-0.39, 0.29) is 0 Å². The molecule has 1 aliphatic carbocycles. The van der Waals surface area contributed by atoms with Crippen LogP contribution in [0.25, 0.3) is 99.9 Å². The van der Waals surface area contributed by atoms with Gasteiger partial charge in [0.15, 0.2) is 17.5 Å². The number of nitrogens with zero attached hydrogens (tertiary/aromatic N) is 5. The molecule has 0 aliphatic heterocycles. The van der Waals surface area contributed by atoms with E-state index < -0.39 is 0 Å². The molecule has 54 heavy (non-hydrogen) atoms. The van der Waals surface area contributed by atoms with Crippen molar-refractivity contribution < 1.29 is 0 Å². The molecule has 0 unspecified atom stereocenters. The van der Waals surface area contributed by atoms with Crippen molar-refractivity contribution in [1.82, 2.24) is 24.1 Å². The van der Waals surface area contributed by atoms with Gasteiger partial charge in [0.05, 0.1) is 22.1 Å². The zero-order valence-corrected chi connectivity index (χ0v) is 29.4. The molecular weight excluding hydrogens is 659 g/mol. The number of allylic oxidation sites excluding steroid dienone is 4. The first-order valence-corrected chi connectivity index (χ1v) is 18.5. The van der Waals surface area contributed by atoms with E-state index in [1.807, 2.05) is 18.2 Å². The maximum Gasteiger partial charge on any atom is 0.164 e. The summed E-state index contributed by atoms with van der Waals surface area (Å²) in [5, 5.41) is 7.29. The first-order chi connectivity index (χ1) is 26.8. The van der Waals surface area contributed by atoms with Crippen LogP contribution in [0.15, 0.2) is 176 Å². The fraction of sp³-hybridized carbons (Fsp3) is 0.0408. The van der Waals surface area contributed by atoms with Gasteiger partial charge in [-0.05, 0) is 72.2 Å². The summed E-state index contributed by atoms with van der Waals surface area (Å²) in [4.78, 5) is 15.2. The zero-order chi connectivity index (χ0) is 35.6. The highest BCUT2D eigenvalue weighted by Gasteiger charge is 2.20. The summed E-state index contributed by atoms with van der Waals surface area (Å²) in [7, 11) is 0. The van der Waals surface area contributed by atoms with E-state index in [4.69, 9.17) is 15.0 Å². The second-order valence-electron chi connectivity index (χ2n) is 14.0. The van der Waals surface area contributed by atoms with Crippen molar-refractivity contribution in [2.75, 3.05) is 0 Å². The summed E-state index contributed by atoms with van der Waals surface area (Å²) >= 11 is 0. The number of rotatable bonds is 5. The number of hydrogen-bond donors (Lipinski definition) is 0. The fourth-order valence-corrected chi connectivity index (χ4v) is 8.26. The summed E-state index contributed by atoms with van der Waals surface area (Å²) < 4.78 is 4.87. The average molecular weight is 692 g/mol. The molecule has 0 saturated heterocycles. The maximum absolute atomic E-state index is 5.13. The molecule has 7 aromatic carbocycles. The molecular formula is C49H33N5. The minimum atomic E-state index is 0.634. The van der Waals surface area contributed by atoms with E-state index in [0.717, 1.165) is 46.1 Å². The van der Waals surface area contributed by atoms with Crippen molar-refractivity contribution in [1.29, 1.82) is 0 Å². The number of benzene rings is 7. The molecule has 0 spiro atoms. The van der Waals surface area contributed by atoms with E-state index >= 15 is 0 Å². The third-order valence-electron chi connectivity index (χ3n) is 10.8. The largest absolute Gasteiger partial charge is 0.313 e. The lowest BCUT2D eigenvalue weighted by Gasteiger charge is -2.14. The third-order valence-corrected chi connectivity index (χ3v) is 10.8. The lowest BCUT2D eigenvalue weighted by atomic mass is 10.1. The Labute approximate surface area is 311 Å². The van der Waals surface area contributed by atoms with E-state index in [1.165, 1.54) is 49.2 Å². The van der Waals surface area contributed by atoms with Crippen molar-refractivity contribution in [3.05, 3.63) is 176 Å². The Morgan fingerprint density at radius 1 is 0.407 bits per heavy atom. The van der Waals surface area contributed by atoms with Gasteiger partial charge in [-0.15, -0.1) is 0 Å². The summed E-state index contributed by atoms with van der Waals surface area (Å²) in [6, 6.07) is 55.9. The second kappa shape index (κ2) is 12.2. The van der Waals surface area contributed by atoms with Crippen molar-refractivity contribution in [2.45, 2.75) is 12.8 Å². The number of aromatic nitrogens is 5. The summed E-state index contributed by atoms with van der Waals surface area (Å²) in [6.07, 6.45) is 8.78. The Kier molecular flexibility index (Phi) is 6.92. The standard InChI is InChI=1S/C49H33N5/c1-3-15-33(16-4-1)47-50-48(52-49(51-47)36-27-26-32-14-7-8-17-34(32)28-36)35-18-13-21-38(29-35)54-44-25-12-10-23-40(44)42-30-45-41(31-46(42)54)39-22-9-11-24-43(39)53(45)37-19-5-2-6-20-37/h1-5,7-19,21-31H,6,20H2. The Morgan fingerprint density at radius 3 is 1.72 bits per heavy atom. The monoisotopic (exact) mass is 691 g/mol. The molecule has 5 heteroatoms. The predicted molar refractivity (Wildman–Crippen MR) is 224 cm³/mol. The molecule has 11 rings (SSSR count). The lowest BCUT2D eigenvalue weighted by molar-refractivity contribution is 0.979. The SMILES string of the molecule is C1=CCCC(n2c3ccccc3c3cc4c(cc32)c2ccccc2n4-c2cccc(-c3nc(-c4ccccc4)nc(-c4ccc5ccccc5c4)n3)c2)=C1. The topological polar surface area (TPSA) is 48.5 Å². The van der Waals surface area contributed by atoms with Crippen molar-refractivity contribution in [2.24, 2.45) is 0 Å². The van der Waals surface area contributed by atoms with Crippen LogP contribution in [-0.2, 0) is 0 Å². The van der Waals surface area contributed by atoms with Gasteiger partial charge in [-0.2, -0.15) is 0 Å². The third kappa shape index (κ3) is 4.90. The highest BCUT2D eigenvalue weighted by atomic mass is 15.0. The molecule has 0 bridgehead atoms. The molecule has 0 fully saturated rings. The van der Waals surface area contributed by atoms with Crippen LogP contribution in [0.3, 0.4) is 0 Å². The van der Waals surface area contributed by atoms with Crippen LogP contribution in [0.4, 0.5) is 0 Å². The van der Waals surface area contributed by atoms with E-state index in [2.05, 4.69) is 167 Å². The van der Waals surface area contributed by atoms with Gasteiger partial charge in [-0.25, -0.2) is 15.0 Å². The average Bonchev–Trinajstić information content (AvgIpc) is 3.75. The molecule has 0 atom stereocenters. The molecule has 0 amide bonds. The van der Waals surface area contributed by atoms with Crippen LogP contribution in [0.1, 0.15) is 12.8 Å². The first-order valence-electron chi connectivity index (χ1n) is 18.5. The molecule has 0 saturated carbocycles. The Morgan fingerprint density at radius 2 is 1.00 bits per heavy atom. The predicted octanol–water partition coefficient (Wildman–Crippen LogP) is 12.4. The van der Waals surface area contributed by atoms with Crippen LogP contribution in [0, 0.1) is 0 Å². The Bertz CT molecular complexity index is 3160. The normalized spacial score (nSPS) is 13.1. The smallest absolute Gasteiger partial charge is 0.164 e. The molecule has 10 aromatic rings.